The monoisotopic (exact) mass is 640 g/mol. The second-order valence-electron chi connectivity index (χ2n) is 7.15. The molecule has 0 aliphatic heterocycles. The van der Waals surface area contributed by atoms with Crippen molar-refractivity contribution in [2.24, 2.45) is 0 Å². The van der Waals surface area contributed by atoms with Crippen molar-refractivity contribution in [1.29, 1.82) is 0 Å². The Hall–Kier alpha value is -3.04. The zero-order valence-electron chi connectivity index (χ0n) is 17.0. The van der Waals surface area contributed by atoms with Crippen molar-refractivity contribution in [3.8, 4) is 17.1 Å². The summed E-state index contributed by atoms with van der Waals surface area (Å²) in [6, 6.07) is 13.7. The number of quaternary nitrogens is 1. The summed E-state index contributed by atoms with van der Waals surface area (Å²) in [6.07, 6.45) is -2.19. The number of pyridine rings is 3. The number of hydrogen-bond acceptors (Lipinski definition) is 4. The van der Waals surface area contributed by atoms with Crippen molar-refractivity contribution in [2.75, 3.05) is 14.1 Å². The van der Waals surface area contributed by atoms with Crippen LogP contribution in [-0.4, -0.2) is 38.8 Å². The molecule has 172 valence electrons. The van der Waals surface area contributed by atoms with Crippen LogP contribution in [0.5, 0.6) is 0 Å². The van der Waals surface area contributed by atoms with Gasteiger partial charge in [-0.3, -0.25) is 10.1 Å². The largest absolute Gasteiger partial charge is 2.00 e. The van der Waals surface area contributed by atoms with Gasteiger partial charge in [0.05, 0.1) is 25.6 Å². The maximum Gasteiger partial charge on any atom is 2.00 e. The second kappa shape index (κ2) is 9.07. The van der Waals surface area contributed by atoms with E-state index in [4.69, 9.17) is 0 Å². The number of halogens is 5. The van der Waals surface area contributed by atoms with Crippen LogP contribution in [0.15, 0.2) is 48.5 Å². The molecule has 0 aromatic carbocycles. The third kappa shape index (κ3) is 4.99. The Morgan fingerprint density at radius 1 is 0.909 bits per heavy atom. The van der Waals surface area contributed by atoms with Gasteiger partial charge in [0.2, 0.25) is 11.6 Å². The maximum atomic E-state index is 14.1. The summed E-state index contributed by atoms with van der Waals surface area (Å²) < 4.78 is 66.6. The standard InChI is InChI=1S/C21H14F5N6.Pt/c1-32(2,18-7-3-5-14(27-18)13-9-10-16(22)28-20(13)23)19-8-4-6-17(29-19)31-12-11-15(30-31)21(24,25)26;/h3-8,10-11H,1-2H3;/q-1;+2. The van der Waals surface area contributed by atoms with Crippen molar-refractivity contribution in [3.05, 3.63) is 78.4 Å². The number of alkyl halides is 3. The van der Waals surface area contributed by atoms with Crippen LogP contribution in [-0.2, 0) is 27.2 Å². The molecular weight excluding hydrogens is 626 g/mol. The van der Waals surface area contributed by atoms with Crippen LogP contribution in [0.2, 0.25) is 0 Å². The van der Waals surface area contributed by atoms with E-state index in [1.54, 1.807) is 38.4 Å². The smallest absolute Gasteiger partial charge is 0.343 e. The maximum absolute atomic E-state index is 14.1. The van der Waals surface area contributed by atoms with Gasteiger partial charge < -0.3 is 4.68 Å². The minimum absolute atomic E-state index is 0. The third-order valence-corrected chi connectivity index (χ3v) is 4.64. The molecule has 6 nitrogen and oxygen atoms in total. The van der Waals surface area contributed by atoms with E-state index in [1.165, 1.54) is 12.1 Å². The molecule has 0 atom stereocenters. The molecular formula is C21H14F5N6Pt+. The fourth-order valence-electron chi connectivity index (χ4n) is 2.93. The molecule has 0 saturated carbocycles. The Morgan fingerprint density at radius 2 is 1.58 bits per heavy atom. The molecule has 0 saturated heterocycles. The predicted molar refractivity (Wildman–Crippen MR) is 105 cm³/mol. The molecule has 0 radical (unpaired) electrons. The van der Waals surface area contributed by atoms with Gasteiger partial charge in [-0.25, -0.2) is 23.2 Å². The van der Waals surface area contributed by atoms with Crippen LogP contribution in [0.25, 0.3) is 17.1 Å². The summed E-state index contributed by atoms with van der Waals surface area (Å²) in [4.78, 5) is 12.0. The first-order chi connectivity index (χ1) is 15.1. The third-order valence-electron chi connectivity index (χ3n) is 4.64. The second-order valence-corrected chi connectivity index (χ2v) is 7.15. The molecule has 0 fully saturated rings. The molecule has 0 N–H and O–H groups in total. The molecule has 0 amide bonds. The quantitative estimate of drug-likeness (QED) is 0.143. The summed E-state index contributed by atoms with van der Waals surface area (Å²) in [5.41, 5.74) is -0.995. The van der Waals surface area contributed by atoms with Crippen LogP contribution in [0.4, 0.5) is 33.6 Å². The molecule has 4 aromatic rings. The predicted octanol–water partition coefficient (Wildman–Crippen LogP) is 4.52. The Kier molecular flexibility index (Phi) is 6.76. The minimum Gasteiger partial charge on any atom is -0.343 e. The summed E-state index contributed by atoms with van der Waals surface area (Å²) in [7, 11) is 3.49. The van der Waals surface area contributed by atoms with E-state index in [-0.39, 0.29) is 42.6 Å². The van der Waals surface area contributed by atoms with Gasteiger partial charge in [0.15, 0.2) is 0 Å². The van der Waals surface area contributed by atoms with E-state index in [0.29, 0.717) is 11.6 Å². The number of hydrogen-bond donors (Lipinski definition) is 0. The Morgan fingerprint density at radius 3 is 2.21 bits per heavy atom. The van der Waals surface area contributed by atoms with Crippen molar-refractivity contribution in [1.82, 2.24) is 29.2 Å². The molecule has 12 heteroatoms. The molecule has 0 bridgehead atoms. The zero-order chi connectivity index (χ0) is 23.1. The molecule has 0 aliphatic rings. The summed E-state index contributed by atoms with van der Waals surface area (Å²) in [5, 5.41) is 3.49. The van der Waals surface area contributed by atoms with Crippen LogP contribution in [0.3, 0.4) is 0 Å². The van der Waals surface area contributed by atoms with E-state index in [1.807, 2.05) is 0 Å². The fraction of sp³-hybridized carbons (Fsp3) is 0.143. The van der Waals surface area contributed by atoms with Gasteiger partial charge in [0.25, 0.3) is 0 Å². The minimum atomic E-state index is -4.60. The van der Waals surface area contributed by atoms with Crippen molar-refractivity contribution in [2.45, 2.75) is 6.18 Å². The fourth-order valence-corrected chi connectivity index (χ4v) is 2.93. The van der Waals surface area contributed by atoms with E-state index in [2.05, 4.69) is 32.3 Å². The van der Waals surface area contributed by atoms with Crippen LogP contribution >= 0.6 is 0 Å². The Labute approximate surface area is 199 Å². The molecule has 33 heavy (non-hydrogen) atoms. The SMILES string of the molecule is C[N+](C)(c1cccc(-c2[c-]cc(F)nc2F)n1)c1cccc(-n2[c-]cc(C(F)(F)F)n2)n1.[Pt+2]. The van der Waals surface area contributed by atoms with Crippen LogP contribution < -0.4 is 4.48 Å². The molecule has 4 aromatic heterocycles. The van der Waals surface area contributed by atoms with Gasteiger partial charge in [0, 0.05) is 12.1 Å². The number of nitrogens with zero attached hydrogens (tertiary/aromatic N) is 6. The van der Waals surface area contributed by atoms with Gasteiger partial charge in [0.1, 0.15) is 11.9 Å². The van der Waals surface area contributed by atoms with Gasteiger partial charge in [-0.15, -0.1) is 12.1 Å². The van der Waals surface area contributed by atoms with Gasteiger partial charge in [-0.2, -0.15) is 13.2 Å². The average molecular weight is 640 g/mol. The molecule has 0 unspecified atom stereocenters. The van der Waals surface area contributed by atoms with Gasteiger partial charge in [-0.1, -0.05) is 42.1 Å². The van der Waals surface area contributed by atoms with Crippen LogP contribution in [0, 0.1) is 24.2 Å². The average Bonchev–Trinajstić information content (AvgIpc) is 3.25. The van der Waals surface area contributed by atoms with Crippen LogP contribution in [0.1, 0.15) is 5.69 Å². The van der Waals surface area contributed by atoms with E-state index < -0.39 is 23.8 Å². The molecule has 4 rings (SSSR count). The van der Waals surface area contributed by atoms with E-state index >= 15 is 0 Å². The van der Waals surface area contributed by atoms with Gasteiger partial charge in [-0.05, 0) is 5.69 Å². The Balaban J connectivity index is 0.00000306. The number of aromatic nitrogens is 5. The van der Waals surface area contributed by atoms with E-state index in [0.717, 1.165) is 16.8 Å². The topological polar surface area (TPSA) is 56.5 Å². The van der Waals surface area contributed by atoms with Gasteiger partial charge >= 0.3 is 27.2 Å². The first-order valence-electron chi connectivity index (χ1n) is 9.14. The van der Waals surface area contributed by atoms with Crippen molar-refractivity contribution >= 4 is 11.6 Å². The molecule has 4 heterocycles. The Bertz CT molecular complexity index is 1290. The molecule has 0 aliphatic carbocycles. The summed E-state index contributed by atoms with van der Waals surface area (Å²) in [5.74, 6) is -1.06. The summed E-state index contributed by atoms with van der Waals surface area (Å²) in [6.45, 7) is 0. The zero-order valence-corrected chi connectivity index (χ0v) is 19.3. The first kappa shape index (κ1) is 24.6. The summed E-state index contributed by atoms with van der Waals surface area (Å²) >= 11 is 0. The van der Waals surface area contributed by atoms with Crippen molar-refractivity contribution in [3.63, 3.8) is 0 Å². The first-order valence-corrected chi connectivity index (χ1v) is 9.14. The molecule has 0 spiro atoms. The van der Waals surface area contributed by atoms with E-state index in [9.17, 15) is 22.0 Å². The normalized spacial score (nSPS) is 11.8. The number of rotatable bonds is 4. The van der Waals surface area contributed by atoms with Crippen molar-refractivity contribution < 1.29 is 43.0 Å².